The lowest BCUT2D eigenvalue weighted by Gasteiger charge is -2.25. The first kappa shape index (κ1) is 18.0. The molecule has 0 bridgehead atoms. The minimum absolute atomic E-state index is 0.00536. The van der Waals surface area contributed by atoms with Crippen LogP contribution in [0.15, 0.2) is 30.3 Å². The number of carbonyl (C=O) groups is 3. The van der Waals surface area contributed by atoms with E-state index in [1.54, 1.807) is 11.8 Å². The van der Waals surface area contributed by atoms with Gasteiger partial charge in [0.2, 0.25) is 17.7 Å². The van der Waals surface area contributed by atoms with E-state index in [1.807, 2.05) is 37.3 Å². The Labute approximate surface area is 142 Å². The van der Waals surface area contributed by atoms with Crippen LogP contribution in [-0.4, -0.2) is 42.3 Å². The third kappa shape index (κ3) is 4.57. The zero-order chi connectivity index (χ0) is 17.5. The molecule has 1 heterocycles. The quantitative estimate of drug-likeness (QED) is 0.738. The number of hydrogen-bond donors (Lipinski definition) is 2. The molecule has 1 aromatic carbocycles. The van der Waals surface area contributed by atoms with E-state index in [4.69, 9.17) is 0 Å². The van der Waals surface area contributed by atoms with Gasteiger partial charge in [-0.3, -0.25) is 14.4 Å². The Hall–Kier alpha value is -2.37. The lowest BCUT2D eigenvalue weighted by molar-refractivity contribution is -0.130. The van der Waals surface area contributed by atoms with E-state index in [-0.39, 0.29) is 36.1 Å². The van der Waals surface area contributed by atoms with E-state index in [2.05, 4.69) is 10.6 Å². The Morgan fingerprint density at radius 3 is 2.54 bits per heavy atom. The van der Waals surface area contributed by atoms with Crippen LogP contribution in [0.2, 0.25) is 0 Å². The smallest absolute Gasteiger partial charge is 0.225 e. The van der Waals surface area contributed by atoms with Crippen molar-refractivity contribution in [1.29, 1.82) is 0 Å². The van der Waals surface area contributed by atoms with Crippen molar-refractivity contribution in [3.05, 3.63) is 35.9 Å². The molecule has 3 amide bonds. The number of likely N-dealkylation sites (tertiary alicyclic amines) is 1. The maximum Gasteiger partial charge on any atom is 0.225 e. The fourth-order valence-electron chi connectivity index (χ4n) is 2.85. The topological polar surface area (TPSA) is 78.5 Å². The number of amides is 3. The van der Waals surface area contributed by atoms with Crippen molar-refractivity contribution in [2.75, 3.05) is 19.6 Å². The summed E-state index contributed by atoms with van der Waals surface area (Å²) in [4.78, 5) is 37.4. The third-order valence-electron chi connectivity index (χ3n) is 4.35. The van der Waals surface area contributed by atoms with Gasteiger partial charge in [0, 0.05) is 32.5 Å². The maximum absolute atomic E-state index is 12.3. The number of hydrogen-bond acceptors (Lipinski definition) is 3. The van der Waals surface area contributed by atoms with E-state index in [9.17, 15) is 14.4 Å². The summed E-state index contributed by atoms with van der Waals surface area (Å²) >= 11 is 0. The van der Waals surface area contributed by atoms with E-state index in [0.29, 0.717) is 26.1 Å². The molecule has 0 saturated carbocycles. The normalized spacial score (nSPS) is 18.3. The fourth-order valence-corrected chi connectivity index (χ4v) is 2.85. The molecule has 2 unspecified atom stereocenters. The molecule has 6 nitrogen and oxygen atoms in total. The van der Waals surface area contributed by atoms with Crippen LogP contribution in [0.3, 0.4) is 0 Å². The van der Waals surface area contributed by atoms with E-state index < -0.39 is 0 Å². The predicted molar refractivity (Wildman–Crippen MR) is 91.0 cm³/mol. The highest BCUT2D eigenvalue weighted by Crippen LogP contribution is 2.28. The minimum atomic E-state index is -0.328. The number of rotatable bonds is 7. The van der Waals surface area contributed by atoms with E-state index >= 15 is 0 Å². The summed E-state index contributed by atoms with van der Waals surface area (Å²) in [7, 11) is 0. The van der Waals surface area contributed by atoms with Crippen LogP contribution >= 0.6 is 0 Å². The summed E-state index contributed by atoms with van der Waals surface area (Å²) in [5.74, 6) is -0.489. The molecule has 2 atom stereocenters. The number of benzene rings is 1. The van der Waals surface area contributed by atoms with Crippen molar-refractivity contribution in [3.63, 3.8) is 0 Å². The summed E-state index contributed by atoms with van der Waals surface area (Å²) in [6.45, 7) is 4.98. The molecule has 1 aliphatic heterocycles. The molecular weight excluding hydrogens is 306 g/mol. The molecule has 2 rings (SSSR count). The Bertz CT molecular complexity index is 588. The lowest BCUT2D eigenvalue weighted by atomic mass is 10.1. The molecule has 1 aromatic rings. The van der Waals surface area contributed by atoms with Crippen LogP contribution in [0.1, 0.15) is 38.3 Å². The molecule has 2 N–H and O–H groups in total. The maximum atomic E-state index is 12.3. The fraction of sp³-hybridized carbons (Fsp3) is 0.500. The minimum Gasteiger partial charge on any atom is -0.354 e. The molecule has 1 saturated heterocycles. The first-order valence-corrected chi connectivity index (χ1v) is 8.41. The van der Waals surface area contributed by atoms with Gasteiger partial charge in [0.15, 0.2) is 0 Å². The van der Waals surface area contributed by atoms with Gasteiger partial charge in [-0.05, 0) is 12.5 Å². The van der Waals surface area contributed by atoms with Crippen LogP contribution in [0, 0.1) is 5.92 Å². The summed E-state index contributed by atoms with van der Waals surface area (Å²) in [5, 5.41) is 5.50. The van der Waals surface area contributed by atoms with Crippen molar-refractivity contribution in [2.45, 2.75) is 32.7 Å². The second kappa shape index (κ2) is 8.47. The van der Waals surface area contributed by atoms with Gasteiger partial charge in [-0.2, -0.15) is 0 Å². The molecule has 24 heavy (non-hydrogen) atoms. The summed E-state index contributed by atoms with van der Waals surface area (Å²) < 4.78 is 0. The Balaban J connectivity index is 1.83. The first-order valence-electron chi connectivity index (χ1n) is 8.41. The largest absolute Gasteiger partial charge is 0.354 e. The van der Waals surface area contributed by atoms with Crippen molar-refractivity contribution in [2.24, 2.45) is 5.92 Å². The molecule has 1 aliphatic rings. The predicted octanol–water partition coefficient (Wildman–Crippen LogP) is 1.24. The molecule has 130 valence electrons. The molecule has 0 aromatic heterocycles. The van der Waals surface area contributed by atoms with Gasteiger partial charge in [-0.15, -0.1) is 0 Å². The number of nitrogens with zero attached hydrogens (tertiary/aromatic N) is 1. The SMILES string of the molecule is CCC(=O)NCCNC(=O)C1CC(=O)N(C(C)c2ccccc2)C1. The van der Waals surface area contributed by atoms with Crippen molar-refractivity contribution >= 4 is 17.7 Å². The van der Waals surface area contributed by atoms with Crippen molar-refractivity contribution in [1.82, 2.24) is 15.5 Å². The summed E-state index contributed by atoms with van der Waals surface area (Å²) in [6, 6.07) is 9.77. The monoisotopic (exact) mass is 331 g/mol. The lowest BCUT2D eigenvalue weighted by Crippen LogP contribution is -2.38. The zero-order valence-corrected chi connectivity index (χ0v) is 14.2. The second-order valence-corrected chi connectivity index (χ2v) is 6.03. The molecule has 0 radical (unpaired) electrons. The van der Waals surface area contributed by atoms with Crippen molar-refractivity contribution in [3.8, 4) is 0 Å². The second-order valence-electron chi connectivity index (χ2n) is 6.03. The molecule has 0 aliphatic carbocycles. The third-order valence-corrected chi connectivity index (χ3v) is 4.35. The van der Waals surface area contributed by atoms with E-state index in [1.165, 1.54) is 0 Å². The zero-order valence-electron chi connectivity index (χ0n) is 14.2. The summed E-state index contributed by atoms with van der Waals surface area (Å²) in [6.07, 6.45) is 0.668. The van der Waals surface area contributed by atoms with Crippen LogP contribution in [0.5, 0.6) is 0 Å². The van der Waals surface area contributed by atoms with Gasteiger partial charge in [-0.25, -0.2) is 0 Å². The Morgan fingerprint density at radius 2 is 1.88 bits per heavy atom. The highest BCUT2D eigenvalue weighted by Gasteiger charge is 2.36. The molecule has 1 fully saturated rings. The Kier molecular flexibility index (Phi) is 6.35. The number of nitrogens with one attached hydrogen (secondary N) is 2. The van der Waals surface area contributed by atoms with Crippen LogP contribution in [-0.2, 0) is 14.4 Å². The van der Waals surface area contributed by atoms with E-state index in [0.717, 1.165) is 5.56 Å². The molecular formula is C18H25N3O3. The summed E-state index contributed by atoms with van der Waals surface area (Å²) in [5.41, 5.74) is 1.06. The van der Waals surface area contributed by atoms with Gasteiger partial charge in [0.25, 0.3) is 0 Å². The first-order chi connectivity index (χ1) is 11.5. The van der Waals surface area contributed by atoms with Crippen LogP contribution in [0.4, 0.5) is 0 Å². The Morgan fingerprint density at radius 1 is 1.21 bits per heavy atom. The standard InChI is InChI=1S/C18H25N3O3/c1-3-16(22)19-9-10-20-18(24)15-11-17(23)21(12-15)13(2)14-7-5-4-6-8-14/h4-8,13,15H,3,9-12H2,1-2H3,(H,19,22)(H,20,24). The number of carbonyl (C=O) groups excluding carboxylic acids is 3. The van der Waals surface area contributed by atoms with Gasteiger partial charge in [-0.1, -0.05) is 37.3 Å². The highest BCUT2D eigenvalue weighted by atomic mass is 16.2. The van der Waals surface area contributed by atoms with Gasteiger partial charge >= 0.3 is 0 Å². The van der Waals surface area contributed by atoms with Gasteiger partial charge in [0.1, 0.15) is 0 Å². The van der Waals surface area contributed by atoms with Crippen molar-refractivity contribution < 1.29 is 14.4 Å². The average molecular weight is 331 g/mol. The van der Waals surface area contributed by atoms with Gasteiger partial charge in [0.05, 0.1) is 12.0 Å². The van der Waals surface area contributed by atoms with Crippen LogP contribution in [0.25, 0.3) is 0 Å². The average Bonchev–Trinajstić information content (AvgIpc) is 3.00. The highest BCUT2D eigenvalue weighted by molar-refractivity contribution is 5.89. The van der Waals surface area contributed by atoms with Gasteiger partial charge < -0.3 is 15.5 Å². The molecule has 0 spiro atoms. The van der Waals surface area contributed by atoms with Crippen LogP contribution < -0.4 is 10.6 Å². The molecule has 6 heteroatoms.